The fourth-order valence-electron chi connectivity index (χ4n) is 4.54. The van der Waals surface area contributed by atoms with Crippen LogP contribution in [0, 0.1) is 13.8 Å². The van der Waals surface area contributed by atoms with Gasteiger partial charge in [-0.1, -0.05) is 35.3 Å². The van der Waals surface area contributed by atoms with Crippen molar-refractivity contribution in [2.24, 2.45) is 0 Å². The third kappa shape index (κ3) is 5.93. The predicted octanol–water partition coefficient (Wildman–Crippen LogP) is 3.50. The van der Waals surface area contributed by atoms with Gasteiger partial charge in [0, 0.05) is 42.4 Å². The SMILES string of the molecule is COC(=O)c1cc(Cl)c2c(C)cc3cccnc3c2n1.Cc1cc2cccnc2c2nc(CO)cc(Cl)c12.[B].[H-].[Na+]. The van der Waals surface area contributed by atoms with Crippen molar-refractivity contribution < 1.29 is 45.6 Å². The zero-order valence-electron chi connectivity index (χ0n) is 23.4. The Kier molecular flexibility index (Phi) is 10.5. The first-order valence-corrected chi connectivity index (χ1v) is 12.4. The van der Waals surface area contributed by atoms with Crippen LogP contribution in [0.5, 0.6) is 0 Å². The molecule has 0 saturated heterocycles. The van der Waals surface area contributed by atoms with E-state index in [4.69, 9.17) is 27.9 Å². The molecule has 6 aromatic rings. The number of carbonyl (C=O) groups is 1. The molecule has 4 heterocycles. The smallest absolute Gasteiger partial charge is 1.00 e. The molecule has 7 nitrogen and oxygen atoms in total. The van der Waals surface area contributed by atoms with Gasteiger partial charge in [-0.2, -0.15) is 0 Å². The standard InChI is InChI=1S/C15H11ClN2O2.C14H11ClN2O.B.Na.H/c1-8-6-9-4-3-5-17-13(9)14-12(8)10(16)7-11(18-14)15(19)20-2;1-8-5-9-3-2-4-16-13(9)14-12(8)11(15)6-10(7-18)17-14;;;/h3-7H,1-2H3;2-6,18H,7H2,1H3;;;/q;;;+1;-1. The summed E-state index contributed by atoms with van der Waals surface area (Å²) in [6.45, 7) is 3.83. The van der Waals surface area contributed by atoms with Gasteiger partial charge in [0.15, 0.2) is 5.69 Å². The van der Waals surface area contributed by atoms with Crippen molar-refractivity contribution in [2.75, 3.05) is 7.11 Å². The van der Waals surface area contributed by atoms with Gasteiger partial charge in [-0.25, -0.2) is 14.8 Å². The van der Waals surface area contributed by atoms with Crippen LogP contribution in [0.4, 0.5) is 0 Å². The molecule has 11 heteroatoms. The molecule has 0 bridgehead atoms. The molecular weight excluding hydrogens is 557 g/mol. The summed E-state index contributed by atoms with van der Waals surface area (Å²) in [5.74, 6) is -0.514. The van der Waals surface area contributed by atoms with E-state index in [1.807, 2.05) is 44.2 Å². The normalized spacial score (nSPS) is 10.6. The maximum atomic E-state index is 11.7. The van der Waals surface area contributed by atoms with Crippen LogP contribution in [0.25, 0.3) is 43.6 Å². The van der Waals surface area contributed by atoms with Gasteiger partial charge in [0.2, 0.25) is 0 Å². The molecule has 0 aliphatic rings. The van der Waals surface area contributed by atoms with E-state index in [0.717, 1.165) is 49.2 Å². The Labute approximate surface area is 266 Å². The van der Waals surface area contributed by atoms with E-state index in [1.165, 1.54) is 13.2 Å². The van der Waals surface area contributed by atoms with E-state index in [0.29, 0.717) is 21.3 Å². The number of hydrogen-bond donors (Lipinski definition) is 1. The van der Waals surface area contributed by atoms with E-state index < -0.39 is 5.97 Å². The van der Waals surface area contributed by atoms with E-state index >= 15 is 0 Å². The molecule has 0 aliphatic heterocycles. The van der Waals surface area contributed by atoms with E-state index in [-0.39, 0.29) is 51.7 Å². The summed E-state index contributed by atoms with van der Waals surface area (Å²) < 4.78 is 4.70. The number of esters is 1. The summed E-state index contributed by atoms with van der Waals surface area (Å²) in [6.07, 6.45) is 3.43. The minimum Gasteiger partial charge on any atom is -1.00 e. The minimum atomic E-state index is -0.514. The Hall–Kier alpha value is -2.85. The van der Waals surface area contributed by atoms with Gasteiger partial charge >= 0.3 is 35.5 Å². The first-order valence-electron chi connectivity index (χ1n) is 11.7. The van der Waals surface area contributed by atoms with Crippen molar-refractivity contribution >= 4 is 81.2 Å². The van der Waals surface area contributed by atoms with Gasteiger partial charge in [-0.05, 0) is 61.4 Å². The summed E-state index contributed by atoms with van der Waals surface area (Å²) in [6, 6.07) is 15.0. The summed E-state index contributed by atoms with van der Waals surface area (Å²) in [4.78, 5) is 29.2. The van der Waals surface area contributed by atoms with Gasteiger partial charge in [0.1, 0.15) is 0 Å². The minimum absolute atomic E-state index is 0. The molecule has 2 aromatic carbocycles. The van der Waals surface area contributed by atoms with Crippen molar-refractivity contribution in [1.82, 2.24) is 19.9 Å². The largest absolute Gasteiger partial charge is 1.00 e. The number of ether oxygens (including phenoxy) is 1. The summed E-state index contributed by atoms with van der Waals surface area (Å²) in [5, 5.41) is 14.0. The quantitative estimate of drug-likeness (QED) is 0.190. The molecule has 0 atom stereocenters. The molecule has 4 aromatic heterocycles. The van der Waals surface area contributed by atoms with Crippen LogP contribution >= 0.6 is 23.2 Å². The zero-order valence-corrected chi connectivity index (χ0v) is 25.9. The number of benzene rings is 2. The Morgan fingerprint density at radius 3 is 1.85 bits per heavy atom. The number of aromatic nitrogens is 4. The van der Waals surface area contributed by atoms with Crippen LogP contribution in [-0.2, 0) is 11.3 Å². The van der Waals surface area contributed by atoms with E-state index in [1.54, 1.807) is 18.5 Å². The monoisotopic (exact) mass is 579 g/mol. The first kappa shape index (κ1) is 31.7. The average molecular weight is 580 g/mol. The van der Waals surface area contributed by atoms with Crippen LogP contribution in [0.3, 0.4) is 0 Å². The molecule has 40 heavy (non-hydrogen) atoms. The number of aryl methyl sites for hydroxylation is 2. The number of fused-ring (bicyclic) bond motifs is 6. The fourth-order valence-corrected chi connectivity index (χ4v) is 5.24. The van der Waals surface area contributed by atoms with Gasteiger partial charge in [-0.3, -0.25) is 9.97 Å². The van der Waals surface area contributed by atoms with Crippen LogP contribution in [0.1, 0.15) is 28.7 Å². The second kappa shape index (κ2) is 13.2. The van der Waals surface area contributed by atoms with Gasteiger partial charge < -0.3 is 11.3 Å². The molecule has 3 radical (unpaired) electrons. The number of carbonyl (C=O) groups excluding carboxylic acids is 1. The number of aliphatic hydroxyl groups excluding tert-OH is 1. The van der Waals surface area contributed by atoms with Crippen molar-refractivity contribution in [3.8, 4) is 0 Å². The van der Waals surface area contributed by atoms with Crippen LogP contribution in [0.2, 0.25) is 10.0 Å². The number of hydrogen-bond acceptors (Lipinski definition) is 7. The Bertz CT molecular complexity index is 1900. The average Bonchev–Trinajstić information content (AvgIpc) is 2.92. The molecule has 0 unspecified atom stereocenters. The zero-order chi connectivity index (χ0) is 27.0. The molecule has 0 amide bonds. The fraction of sp³-hybridized carbons (Fsp3) is 0.138. The molecule has 6 rings (SSSR count). The van der Waals surface area contributed by atoms with Crippen LogP contribution in [-0.4, -0.2) is 46.5 Å². The van der Waals surface area contributed by atoms with Gasteiger partial charge in [-0.15, -0.1) is 0 Å². The van der Waals surface area contributed by atoms with E-state index in [2.05, 4.69) is 26.0 Å². The number of aliphatic hydroxyl groups is 1. The molecule has 0 fully saturated rings. The van der Waals surface area contributed by atoms with Gasteiger partial charge in [0.05, 0.1) is 51.5 Å². The third-order valence-corrected chi connectivity index (χ3v) is 6.81. The third-order valence-electron chi connectivity index (χ3n) is 6.21. The first-order chi connectivity index (χ1) is 18.3. The summed E-state index contributed by atoms with van der Waals surface area (Å²) in [7, 11) is 1.31. The maximum Gasteiger partial charge on any atom is 1.00 e. The van der Waals surface area contributed by atoms with Crippen LogP contribution < -0.4 is 29.6 Å². The van der Waals surface area contributed by atoms with Gasteiger partial charge in [0.25, 0.3) is 0 Å². The predicted molar refractivity (Wildman–Crippen MR) is 158 cm³/mol. The number of pyridine rings is 4. The molecular formula is C29H23BCl2N4NaO3. The molecule has 0 saturated carbocycles. The van der Waals surface area contributed by atoms with Crippen LogP contribution in [0.15, 0.2) is 60.9 Å². The number of halogens is 2. The summed E-state index contributed by atoms with van der Waals surface area (Å²) in [5.41, 5.74) is 5.71. The molecule has 195 valence electrons. The maximum absolute atomic E-state index is 11.7. The van der Waals surface area contributed by atoms with E-state index in [9.17, 15) is 9.90 Å². The van der Waals surface area contributed by atoms with Crippen molar-refractivity contribution in [3.63, 3.8) is 0 Å². The Morgan fingerprint density at radius 2 is 1.35 bits per heavy atom. The van der Waals surface area contributed by atoms with Crippen molar-refractivity contribution in [2.45, 2.75) is 20.5 Å². The molecule has 0 aliphatic carbocycles. The summed E-state index contributed by atoms with van der Waals surface area (Å²) >= 11 is 12.6. The van der Waals surface area contributed by atoms with Crippen molar-refractivity contribution in [1.29, 1.82) is 0 Å². The Morgan fingerprint density at radius 1 is 0.850 bits per heavy atom. The Balaban J connectivity index is 0.000000268. The number of methoxy groups -OCH3 is 1. The second-order valence-electron chi connectivity index (χ2n) is 8.72. The second-order valence-corrected chi connectivity index (χ2v) is 9.53. The molecule has 0 spiro atoms. The number of rotatable bonds is 2. The topological polar surface area (TPSA) is 98.1 Å². The van der Waals surface area contributed by atoms with Crippen molar-refractivity contribution in [3.05, 3.63) is 93.5 Å². The number of nitrogens with zero attached hydrogens (tertiary/aromatic N) is 4. The molecule has 1 N–H and O–H groups in total.